The third-order valence-corrected chi connectivity index (χ3v) is 4.03. The second kappa shape index (κ2) is 5.42. The molecule has 0 aliphatic heterocycles. The second-order valence-corrected chi connectivity index (χ2v) is 5.30. The Balaban J connectivity index is 1.84. The molecule has 102 valence electrons. The summed E-state index contributed by atoms with van der Waals surface area (Å²) in [5, 5.41) is 11.1. The smallest absolute Gasteiger partial charge is 0.169 e. The normalized spacial score (nSPS) is 10.8. The van der Waals surface area contributed by atoms with Crippen molar-refractivity contribution < 1.29 is 0 Å². The van der Waals surface area contributed by atoms with E-state index in [1.54, 1.807) is 11.3 Å². The van der Waals surface area contributed by atoms with Gasteiger partial charge < -0.3 is 5.73 Å². The van der Waals surface area contributed by atoms with Gasteiger partial charge in [-0.2, -0.15) is 0 Å². The van der Waals surface area contributed by atoms with Gasteiger partial charge in [-0.05, 0) is 6.42 Å². The summed E-state index contributed by atoms with van der Waals surface area (Å²) in [6.07, 6.45) is 0.814. The first-order valence-electron chi connectivity index (χ1n) is 6.45. The highest BCUT2D eigenvalue weighted by atomic mass is 32.1. The van der Waals surface area contributed by atoms with Crippen LogP contribution < -0.4 is 5.73 Å². The SMILES string of the molecule is CCc1c(N)nnn1Cc1csc(-c2ccccc2)n1. The van der Waals surface area contributed by atoms with E-state index in [-0.39, 0.29) is 0 Å². The zero-order valence-electron chi connectivity index (χ0n) is 11.2. The van der Waals surface area contributed by atoms with E-state index in [0.717, 1.165) is 28.4 Å². The van der Waals surface area contributed by atoms with Crippen LogP contribution in [0.1, 0.15) is 18.3 Å². The summed E-state index contributed by atoms with van der Waals surface area (Å²) in [5.41, 5.74) is 8.86. The molecule has 2 N–H and O–H groups in total. The molecule has 0 amide bonds. The lowest BCUT2D eigenvalue weighted by molar-refractivity contribution is 0.614. The van der Waals surface area contributed by atoms with Gasteiger partial charge in [0, 0.05) is 10.9 Å². The fourth-order valence-electron chi connectivity index (χ4n) is 2.08. The average molecular weight is 285 g/mol. The van der Waals surface area contributed by atoms with E-state index in [2.05, 4.69) is 32.8 Å². The minimum absolute atomic E-state index is 0.506. The van der Waals surface area contributed by atoms with Gasteiger partial charge in [0.2, 0.25) is 0 Å². The molecule has 0 spiro atoms. The molecule has 0 fully saturated rings. The van der Waals surface area contributed by atoms with Gasteiger partial charge in [-0.1, -0.05) is 42.5 Å². The molecule has 3 rings (SSSR count). The molecule has 0 unspecified atom stereocenters. The molecule has 6 heteroatoms. The summed E-state index contributed by atoms with van der Waals surface area (Å²) >= 11 is 1.64. The average Bonchev–Trinajstić information content (AvgIpc) is 3.08. The summed E-state index contributed by atoms with van der Waals surface area (Å²) in [5.74, 6) is 0.506. The molecule has 0 radical (unpaired) electrons. The zero-order chi connectivity index (χ0) is 13.9. The molecule has 3 aromatic rings. The number of hydrogen-bond donors (Lipinski definition) is 1. The van der Waals surface area contributed by atoms with Gasteiger partial charge >= 0.3 is 0 Å². The van der Waals surface area contributed by atoms with E-state index in [0.29, 0.717) is 12.4 Å². The van der Waals surface area contributed by atoms with Crippen molar-refractivity contribution in [1.82, 2.24) is 20.0 Å². The molecular weight excluding hydrogens is 270 g/mol. The number of benzene rings is 1. The Kier molecular flexibility index (Phi) is 3.47. The van der Waals surface area contributed by atoms with Crippen LogP contribution >= 0.6 is 11.3 Å². The maximum atomic E-state index is 5.79. The molecule has 20 heavy (non-hydrogen) atoms. The van der Waals surface area contributed by atoms with Gasteiger partial charge in [0.1, 0.15) is 5.01 Å². The lowest BCUT2D eigenvalue weighted by atomic mass is 10.2. The van der Waals surface area contributed by atoms with Crippen LogP contribution in [-0.2, 0) is 13.0 Å². The van der Waals surface area contributed by atoms with Crippen LogP contribution in [0.25, 0.3) is 10.6 Å². The maximum absolute atomic E-state index is 5.79. The predicted molar refractivity (Wildman–Crippen MR) is 80.5 cm³/mol. The van der Waals surface area contributed by atoms with Crippen LogP contribution in [-0.4, -0.2) is 20.0 Å². The molecular formula is C14H15N5S. The number of nitrogen functional groups attached to an aromatic ring is 1. The summed E-state index contributed by atoms with van der Waals surface area (Å²) in [7, 11) is 0. The molecule has 2 aromatic heterocycles. The van der Waals surface area contributed by atoms with Gasteiger partial charge in [0.05, 0.1) is 17.9 Å². The van der Waals surface area contributed by atoms with E-state index in [9.17, 15) is 0 Å². The number of thiazole rings is 1. The van der Waals surface area contributed by atoms with Crippen molar-refractivity contribution in [2.45, 2.75) is 19.9 Å². The van der Waals surface area contributed by atoms with E-state index in [4.69, 9.17) is 5.73 Å². The van der Waals surface area contributed by atoms with E-state index in [1.165, 1.54) is 0 Å². The molecule has 5 nitrogen and oxygen atoms in total. The fraction of sp³-hybridized carbons (Fsp3) is 0.214. The van der Waals surface area contributed by atoms with Gasteiger partial charge in [-0.15, -0.1) is 16.4 Å². The standard InChI is InChI=1S/C14H15N5S/c1-2-12-13(15)17-18-19(12)8-11-9-20-14(16-11)10-6-4-3-5-7-10/h3-7,9H,2,8,15H2,1H3. The number of nitrogens with zero attached hydrogens (tertiary/aromatic N) is 4. The van der Waals surface area contributed by atoms with Crippen molar-refractivity contribution in [2.24, 2.45) is 0 Å². The highest BCUT2D eigenvalue weighted by Crippen LogP contribution is 2.23. The first-order valence-corrected chi connectivity index (χ1v) is 7.33. The fourth-order valence-corrected chi connectivity index (χ4v) is 2.90. The highest BCUT2D eigenvalue weighted by Gasteiger charge is 2.10. The van der Waals surface area contributed by atoms with Crippen LogP contribution in [0.3, 0.4) is 0 Å². The largest absolute Gasteiger partial charge is 0.381 e. The number of aromatic nitrogens is 4. The number of nitrogens with two attached hydrogens (primary N) is 1. The van der Waals surface area contributed by atoms with Crippen molar-refractivity contribution in [3.63, 3.8) is 0 Å². The molecule has 0 aliphatic carbocycles. The summed E-state index contributed by atoms with van der Waals surface area (Å²) in [6.45, 7) is 2.65. The Morgan fingerprint density at radius 3 is 2.80 bits per heavy atom. The minimum atomic E-state index is 0.506. The molecule has 0 atom stereocenters. The first-order chi connectivity index (χ1) is 9.78. The van der Waals surface area contributed by atoms with E-state index >= 15 is 0 Å². The number of rotatable bonds is 4. The van der Waals surface area contributed by atoms with Gasteiger partial charge in [-0.3, -0.25) is 0 Å². The summed E-state index contributed by atoms with van der Waals surface area (Å²) < 4.78 is 1.82. The Bertz CT molecular complexity index is 701. The van der Waals surface area contributed by atoms with Crippen LogP contribution in [0, 0.1) is 0 Å². The van der Waals surface area contributed by atoms with Gasteiger partial charge in [-0.25, -0.2) is 9.67 Å². The van der Waals surface area contributed by atoms with Gasteiger partial charge in [0.25, 0.3) is 0 Å². The number of anilines is 1. The Labute approximate surface area is 121 Å². The van der Waals surface area contributed by atoms with Crippen molar-refractivity contribution in [1.29, 1.82) is 0 Å². The molecule has 2 heterocycles. The molecule has 1 aromatic carbocycles. The highest BCUT2D eigenvalue weighted by molar-refractivity contribution is 7.13. The Hall–Kier alpha value is -2.21. The quantitative estimate of drug-likeness (QED) is 0.800. The maximum Gasteiger partial charge on any atom is 0.169 e. The molecule has 0 saturated heterocycles. The third-order valence-electron chi connectivity index (χ3n) is 3.09. The van der Waals surface area contributed by atoms with Gasteiger partial charge in [0.15, 0.2) is 5.82 Å². The van der Waals surface area contributed by atoms with Crippen LogP contribution in [0.5, 0.6) is 0 Å². The van der Waals surface area contributed by atoms with Crippen molar-refractivity contribution in [3.05, 3.63) is 47.1 Å². The minimum Gasteiger partial charge on any atom is -0.381 e. The first kappa shape index (κ1) is 12.8. The summed E-state index contributed by atoms with van der Waals surface area (Å²) in [6, 6.07) is 10.2. The molecule has 0 saturated carbocycles. The second-order valence-electron chi connectivity index (χ2n) is 4.44. The molecule has 0 bridgehead atoms. The van der Waals surface area contributed by atoms with Crippen LogP contribution in [0.4, 0.5) is 5.82 Å². The third kappa shape index (κ3) is 2.42. The topological polar surface area (TPSA) is 69.6 Å². The lowest BCUT2D eigenvalue weighted by Crippen LogP contribution is -2.07. The van der Waals surface area contributed by atoms with E-state index in [1.807, 2.05) is 29.8 Å². The van der Waals surface area contributed by atoms with Crippen molar-refractivity contribution >= 4 is 17.2 Å². The Morgan fingerprint density at radius 1 is 1.25 bits per heavy atom. The van der Waals surface area contributed by atoms with Crippen LogP contribution in [0.15, 0.2) is 35.7 Å². The zero-order valence-corrected chi connectivity index (χ0v) is 12.0. The van der Waals surface area contributed by atoms with Crippen molar-refractivity contribution in [3.8, 4) is 10.6 Å². The van der Waals surface area contributed by atoms with E-state index < -0.39 is 0 Å². The van der Waals surface area contributed by atoms with Crippen LogP contribution in [0.2, 0.25) is 0 Å². The van der Waals surface area contributed by atoms with Crippen molar-refractivity contribution in [2.75, 3.05) is 5.73 Å². The predicted octanol–water partition coefficient (Wildman–Crippen LogP) is 2.59. The monoisotopic (exact) mass is 285 g/mol. The Morgan fingerprint density at radius 2 is 2.05 bits per heavy atom. The molecule has 0 aliphatic rings. The lowest BCUT2D eigenvalue weighted by Gasteiger charge is -2.02. The summed E-state index contributed by atoms with van der Waals surface area (Å²) in [4.78, 5) is 4.65. The number of hydrogen-bond acceptors (Lipinski definition) is 5.